The van der Waals surface area contributed by atoms with Gasteiger partial charge in [0.05, 0.1) is 12.9 Å². The second-order valence-electron chi connectivity index (χ2n) is 4.17. The van der Waals surface area contributed by atoms with E-state index in [2.05, 4.69) is 4.98 Å². The standard InChI is InChI=1S/C13H12ClN3OS/c1-8-4-12(18)17(7-16-8)6-10-3-2-9(13(15)19)5-11(10)14/h2-5,7H,6H2,1H3,(H2,15,19). The summed E-state index contributed by atoms with van der Waals surface area (Å²) >= 11 is 11.0. The maximum Gasteiger partial charge on any atom is 0.253 e. The minimum absolute atomic E-state index is 0.109. The molecule has 0 atom stereocenters. The minimum atomic E-state index is -0.109. The molecule has 0 unspecified atom stereocenters. The van der Waals surface area contributed by atoms with Crippen molar-refractivity contribution in [1.82, 2.24) is 9.55 Å². The number of hydrogen-bond acceptors (Lipinski definition) is 3. The summed E-state index contributed by atoms with van der Waals surface area (Å²) in [5, 5.41) is 0.526. The molecule has 19 heavy (non-hydrogen) atoms. The van der Waals surface area contributed by atoms with Gasteiger partial charge in [-0.25, -0.2) is 4.98 Å². The average Bonchev–Trinajstić information content (AvgIpc) is 2.34. The highest BCUT2D eigenvalue weighted by molar-refractivity contribution is 7.80. The molecule has 2 aromatic rings. The predicted molar refractivity (Wildman–Crippen MR) is 79.7 cm³/mol. The molecule has 2 rings (SSSR count). The fourth-order valence-corrected chi connectivity index (χ4v) is 2.01. The molecule has 1 heterocycles. The van der Waals surface area contributed by atoms with Crippen molar-refractivity contribution in [3.05, 3.63) is 62.8 Å². The number of hydrogen-bond donors (Lipinski definition) is 1. The third kappa shape index (κ3) is 3.19. The maximum absolute atomic E-state index is 11.8. The highest BCUT2D eigenvalue weighted by atomic mass is 35.5. The number of nitrogens with two attached hydrogens (primary N) is 1. The van der Waals surface area contributed by atoms with Crippen molar-refractivity contribution in [3.8, 4) is 0 Å². The molecule has 6 heteroatoms. The minimum Gasteiger partial charge on any atom is -0.389 e. The van der Waals surface area contributed by atoms with Gasteiger partial charge >= 0.3 is 0 Å². The lowest BCUT2D eigenvalue weighted by atomic mass is 10.1. The average molecular weight is 294 g/mol. The zero-order chi connectivity index (χ0) is 14.0. The topological polar surface area (TPSA) is 60.9 Å². The van der Waals surface area contributed by atoms with Crippen molar-refractivity contribution in [2.24, 2.45) is 5.73 Å². The van der Waals surface area contributed by atoms with Crippen molar-refractivity contribution in [3.63, 3.8) is 0 Å². The van der Waals surface area contributed by atoms with E-state index in [9.17, 15) is 4.79 Å². The van der Waals surface area contributed by atoms with Crippen LogP contribution in [0.15, 0.2) is 35.4 Å². The van der Waals surface area contributed by atoms with Crippen molar-refractivity contribution in [2.45, 2.75) is 13.5 Å². The largest absolute Gasteiger partial charge is 0.389 e. The Hall–Kier alpha value is -1.72. The first-order valence-corrected chi connectivity index (χ1v) is 6.37. The van der Waals surface area contributed by atoms with Crippen LogP contribution in [0.25, 0.3) is 0 Å². The van der Waals surface area contributed by atoms with E-state index < -0.39 is 0 Å². The molecule has 1 aromatic carbocycles. The Balaban J connectivity index is 2.33. The number of aryl methyl sites for hydroxylation is 1. The molecule has 0 fully saturated rings. The van der Waals surface area contributed by atoms with E-state index in [-0.39, 0.29) is 5.56 Å². The molecule has 0 saturated heterocycles. The van der Waals surface area contributed by atoms with Gasteiger partial charge in [0, 0.05) is 22.3 Å². The highest BCUT2D eigenvalue weighted by Crippen LogP contribution is 2.18. The first-order chi connectivity index (χ1) is 8.97. The van der Waals surface area contributed by atoms with Gasteiger partial charge in [-0.3, -0.25) is 9.36 Å². The molecular formula is C13H12ClN3OS. The second kappa shape index (κ2) is 5.50. The SMILES string of the molecule is Cc1cc(=O)n(Cc2ccc(C(N)=S)cc2Cl)cn1. The van der Waals surface area contributed by atoms with E-state index in [0.29, 0.717) is 27.8 Å². The van der Waals surface area contributed by atoms with Gasteiger partial charge in [0.15, 0.2) is 0 Å². The number of benzene rings is 1. The summed E-state index contributed by atoms with van der Waals surface area (Å²) in [7, 11) is 0. The van der Waals surface area contributed by atoms with Crippen LogP contribution in [0.4, 0.5) is 0 Å². The summed E-state index contributed by atoms with van der Waals surface area (Å²) in [6.07, 6.45) is 1.51. The van der Waals surface area contributed by atoms with Crippen LogP contribution in [0, 0.1) is 6.92 Å². The Bertz CT molecular complexity index is 697. The molecule has 0 aliphatic carbocycles. The van der Waals surface area contributed by atoms with Crippen molar-refractivity contribution >= 4 is 28.8 Å². The van der Waals surface area contributed by atoms with Crippen LogP contribution in [-0.4, -0.2) is 14.5 Å². The van der Waals surface area contributed by atoms with Crippen LogP contribution >= 0.6 is 23.8 Å². The summed E-state index contributed by atoms with van der Waals surface area (Å²) in [5.41, 5.74) is 7.64. The zero-order valence-electron chi connectivity index (χ0n) is 10.3. The summed E-state index contributed by atoms with van der Waals surface area (Å²) in [4.78, 5) is 16.2. The van der Waals surface area contributed by atoms with Crippen LogP contribution in [0.1, 0.15) is 16.8 Å². The molecule has 2 N–H and O–H groups in total. The van der Waals surface area contributed by atoms with Crippen molar-refractivity contribution in [2.75, 3.05) is 0 Å². The van der Waals surface area contributed by atoms with Gasteiger partial charge in [-0.05, 0) is 18.6 Å². The van der Waals surface area contributed by atoms with Gasteiger partial charge in [-0.2, -0.15) is 0 Å². The number of nitrogens with zero attached hydrogens (tertiary/aromatic N) is 2. The van der Waals surface area contributed by atoms with E-state index in [1.807, 2.05) is 6.07 Å². The number of thiocarbonyl (C=S) groups is 1. The Kier molecular flexibility index (Phi) is 3.97. The summed E-state index contributed by atoms with van der Waals surface area (Å²) in [6, 6.07) is 6.78. The molecular weight excluding hydrogens is 282 g/mol. The zero-order valence-corrected chi connectivity index (χ0v) is 11.8. The lowest BCUT2D eigenvalue weighted by Crippen LogP contribution is -2.20. The smallest absolute Gasteiger partial charge is 0.253 e. The van der Waals surface area contributed by atoms with E-state index >= 15 is 0 Å². The number of aromatic nitrogens is 2. The molecule has 0 saturated carbocycles. The van der Waals surface area contributed by atoms with Crippen molar-refractivity contribution < 1.29 is 0 Å². The lowest BCUT2D eigenvalue weighted by molar-refractivity contribution is 0.730. The van der Waals surface area contributed by atoms with Gasteiger partial charge < -0.3 is 5.73 Å². The van der Waals surface area contributed by atoms with E-state index in [0.717, 1.165) is 5.56 Å². The van der Waals surface area contributed by atoms with Crippen LogP contribution < -0.4 is 11.3 Å². The first kappa shape index (κ1) is 13.7. The van der Waals surface area contributed by atoms with Crippen LogP contribution in [-0.2, 0) is 6.54 Å². The van der Waals surface area contributed by atoms with Gasteiger partial charge in [0.25, 0.3) is 5.56 Å². The normalized spacial score (nSPS) is 10.4. The number of halogens is 1. The Labute approximate surface area is 120 Å². The lowest BCUT2D eigenvalue weighted by Gasteiger charge is -2.08. The molecule has 98 valence electrons. The number of rotatable bonds is 3. The Morgan fingerprint density at radius 2 is 2.21 bits per heavy atom. The molecule has 0 aliphatic rings. The molecule has 0 spiro atoms. The van der Waals surface area contributed by atoms with Crippen LogP contribution in [0.2, 0.25) is 5.02 Å². The maximum atomic E-state index is 11.8. The van der Waals surface area contributed by atoms with Crippen LogP contribution in [0.3, 0.4) is 0 Å². The van der Waals surface area contributed by atoms with Crippen LogP contribution in [0.5, 0.6) is 0 Å². The fourth-order valence-electron chi connectivity index (χ4n) is 1.65. The Morgan fingerprint density at radius 3 is 2.79 bits per heavy atom. The molecule has 4 nitrogen and oxygen atoms in total. The third-order valence-electron chi connectivity index (χ3n) is 2.69. The highest BCUT2D eigenvalue weighted by Gasteiger charge is 2.06. The molecule has 0 bridgehead atoms. The molecule has 0 radical (unpaired) electrons. The Morgan fingerprint density at radius 1 is 1.47 bits per heavy atom. The first-order valence-electron chi connectivity index (χ1n) is 5.58. The van der Waals surface area contributed by atoms with Gasteiger partial charge in [-0.1, -0.05) is 36.0 Å². The monoisotopic (exact) mass is 293 g/mol. The van der Waals surface area contributed by atoms with E-state index in [1.54, 1.807) is 19.1 Å². The second-order valence-corrected chi connectivity index (χ2v) is 5.01. The van der Waals surface area contributed by atoms with Gasteiger partial charge in [-0.15, -0.1) is 0 Å². The fraction of sp³-hybridized carbons (Fsp3) is 0.154. The molecule has 0 amide bonds. The van der Waals surface area contributed by atoms with Gasteiger partial charge in [0.2, 0.25) is 0 Å². The van der Waals surface area contributed by atoms with E-state index in [4.69, 9.17) is 29.6 Å². The molecule has 0 aliphatic heterocycles. The summed E-state index contributed by atoms with van der Waals surface area (Å²) in [6.45, 7) is 2.14. The quantitative estimate of drug-likeness (QED) is 0.878. The molecule has 1 aromatic heterocycles. The van der Waals surface area contributed by atoms with Crippen molar-refractivity contribution in [1.29, 1.82) is 0 Å². The summed E-state index contributed by atoms with van der Waals surface area (Å²) in [5.74, 6) is 0. The predicted octanol–water partition coefficient (Wildman–Crippen LogP) is 1.89. The van der Waals surface area contributed by atoms with Gasteiger partial charge in [0.1, 0.15) is 4.99 Å². The third-order valence-corrected chi connectivity index (χ3v) is 3.28. The van der Waals surface area contributed by atoms with E-state index in [1.165, 1.54) is 17.0 Å². The summed E-state index contributed by atoms with van der Waals surface area (Å²) < 4.78 is 1.49.